The number of nitrogens with one attached hydrogen (secondary N) is 2. The van der Waals surface area contributed by atoms with Gasteiger partial charge in [-0.2, -0.15) is 4.98 Å². The van der Waals surface area contributed by atoms with Crippen LogP contribution in [0.4, 0.5) is 23.1 Å². The van der Waals surface area contributed by atoms with Gasteiger partial charge in [-0.05, 0) is 66.9 Å². The Labute approximate surface area is 163 Å². The van der Waals surface area contributed by atoms with Crippen LogP contribution in [-0.2, 0) is 6.42 Å². The zero-order valence-electron chi connectivity index (χ0n) is 15.5. The van der Waals surface area contributed by atoms with Gasteiger partial charge in [-0.25, -0.2) is 4.98 Å². The van der Waals surface area contributed by atoms with E-state index in [0.29, 0.717) is 11.5 Å². The molecule has 0 atom stereocenters. The lowest BCUT2D eigenvalue weighted by atomic mass is 10.0. The Bertz CT molecular complexity index is 1000. The molecule has 4 rings (SSSR count). The summed E-state index contributed by atoms with van der Waals surface area (Å²) in [6.45, 7) is 0.856. The number of benzene rings is 2. The summed E-state index contributed by atoms with van der Waals surface area (Å²) in [6.07, 6.45) is 3.65. The average molecular weight is 375 g/mol. The highest BCUT2D eigenvalue weighted by Crippen LogP contribution is 2.34. The molecule has 3 N–H and O–H groups in total. The standard InChI is InChI=1S/C21H21N5O2/c1-22-20(28)14-4-6-16(7-5-14)24-21-23-11-10-19(25-21)26-12-2-3-15-13-17(27)8-9-18(15)26/h4-11,13,27H,2-3,12H2,1H3,(H,22,28)(H,23,24,25). The van der Waals surface area contributed by atoms with Crippen LogP contribution in [0, 0.1) is 0 Å². The molecule has 2 heterocycles. The van der Waals surface area contributed by atoms with E-state index in [2.05, 4.69) is 25.5 Å². The highest BCUT2D eigenvalue weighted by atomic mass is 16.3. The molecule has 7 heteroatoms. The summed E-state index contributed by atoms with van der Waals surface area (Å²) in [6, 6.07) is 14.5. The summed E-state index contributed by atoms with van der Waals surface area (Å²) in [5.41, 5.74) is 3.57. The number of rotatable bonds is 4. The lowest BCUT2D eigenvalue weighted by Gasteiger charge is -2.30. The number of aromatic hydroxyl groups is 1. The number of carbonyl (C=O) groups excluding carboxylic acids is 1. The fourth-order valence-corrected chi connectivity index (χ4v) is 3.36. The van der Waals surface area contributed by atoms with Crippen molar-refractivity contribution in [3.05, 3.63) is 65.9 Å². The van der Waals surface area contributed by atoms with Crippen molar-refractivity contribution in [3.63, 3.8) is 0 Å². The molecule has 1 aliphatic heterocycles. The summed E-state index contributed by atoms with van der Waals surface area (Å²) in [5.74, 6) is 1.44. The Morgan fingerprint density at radius 3 is 2.75 bits per heavy atom. The molecule has 7 nitrogen and oxygen atoms in total. The molecule has 1 aliphatic rings. The van der Waals surface area contributed by atoms with E-state index in [1.54, 1.807) is 31.4 Å². The number of hydrogen-bond donors (Lipinski definition) is 3. The first kappa shape index (κ1) is 17.8. The van der Waals surface area contributed by atoms with E-state index in [9.17, 15) is 9.90 Å². The zero-order valence-corrected chi connectivity index (χ0v) is 15.5. The Kier molecular flexibility index (Phi) is 4.80. The van der Waals surface area contributed by atoms with Crippen molar-refractivity contribution in [2.45, 2.75) is 12.8 Å². The van der Waals surface area contributed by atoms with E-state index in [0.717, 1.165) is 42.1 Å². The Morgan fingerprint density at radius 1 is 1.14 bits per heavy atom. The number of aromatic nitrogens is 2. The summed E-state index contributed by atoms with van der Waals surface area (Å²) in [4.78, 5) is 22.7. The number of amides is 1. The zero-order chi connectivity index (χ0) is 19.5. The second-order valence-electron chi connectivity index (χ2n) is 6.59. The number of aryl methyl sites for hydroxylation is 1. The monoisotopic (exact) mass is 375 g/mol. The molecule has 0 unspecified atom stereocenters. The third kappa shape index (κ3) is 3.59. The second kappa shape index (κ2) is 7.56. The third-order valence-electron chi connectivity index (χ3n) is 4.73. The Morgan fingerprint density at radius 2 is 1.96 bits per heavy atom. The highest BCUT2D eigenvalue weighted by molar-refractivity contribution is 5.94. The molecule has 142 valence electrons. The van der Waals surface area contributed by atoms with Crippen LogP contribution in [0.2, 0.25) is 0 Å². The Hall–Kier alpha value is -3.61. The van der Waals surface area contributed by atoms with Gasteiger partial charge in [0, 0.05) is 36.7 Å². The minimum absolute atomic E-state index is 0.125. The van der Waals surface area contributed by atoms with Crippen molar-refractivity contribution < 1.29 is 9.90 Å². The number of phenolic OH excluding ortho intramolecular Hbond substituents is 1. The largest absolute Gasteiger partial charge is 0.508 e. The number of fused-ring (bicyclic) bond motifs is 1. The highest BCUT2D eigenvalue weighted by Gasteiger charge is 2.20. The number of hydrogen-bond acceptors (Lipinski definition) is 6. The van der Waals surface area contributed by atoms with Crippen LogP contribution in [0.15, 0.2) is 54.7 Å². The maximum atomic E-state index is 11.6. The molecule has 0 bridgehead atoms. The molecule has 28 heavy (non-hydrogen) atoms. The maximum Gasteiger partial charge on any atom is 0.251 e. The first-order chi connectivity index (χ1) is 13.6. The van der Waals surface area contributed by atoms with Crippen LogP contribution < -0.4 is 15.5 Å². The molecule has 0 saturated carbocycles. The molecule has 1 aromatic heterocycles. The average Bonchev–Trinajstić information content (AvgIpc) is 2.73. The van der Waals surface area contributed by atoms with E-state index in [1.807, 2.05) is 30.3 Å². The van der Waals surface area contributed by atoms with Gasteiger partial charge in [0.05, 0.1) is 0 Å². The molecular formula is C21H21N5O2. The summed E-state index contributed by atoms with van der Waals surface area (Å²) >= 11 is 0. The summed E-state index contributed by atoms with van der Waals surface area (Å²) in [5, 5.41) is 15.5. The van der Waals surface area contributed by atoms with Crippen molar-refractivity contribution in [2.24, 2.45) is 0 Å². The summed E-state index contributed by atoms with van der Waals surface area (Å²) in [7, 11) is 1.61. The van der Waals surface area contributed by atoms with Crippen LogP contribution >= 0.6 is 0 Å². The number of carbonyl (C=O) groups is 1. The van der Waals surface area contributed by atoms with Gasteiger partial charge in [0.15, 0.2) is 0 Å². The molecule has 2 aromatic carbocycles. The molecule has 1 amide bonds. The topological polar surface area (TPSA) is 90.4 Å². The van der Waals surface area contributed by atoms with Crippen LogP contribution in [0.1, 0.15) is 22.3 Å². The molecule has 0 spiro atoms. The van der Waals surface area contributed by atoms with E-state index < -0.39 is 0 Å². The van der Waals surface area contributed by atoms with Crippen molar-refractivity contribution in [3.8, 4) is 5.75 Å². The normalized spacial score (nSPS) is 13.0. The van der Waals surface area contributed by atoms with Crippen LogP contribution in [-0.4, -0.2) is 34.6 Å². The van der Waals surface area contributed by atoms with E-state index in [-0.39, 0.29) is 11.7 Å². The predicted octanol–water partition coefficient (Wildman–Crippen LogP) is 3.37. The van der Waals surface area contributed by atoms with Gasteiger partial charge >= 0.3 is 0 Å². The smallest absolute Gasteiger partial charge is 0.251 e. The predicted molar refractivity (Wildman–Crippen MR) is 109 cm³/mol. The van der Waals surface area contributed by atoms with Gasteiger partial charge in [0.1, 0.15) is 11.6 Å². The third-order valence-corrected chi connectivity index (χ3v) is 4.73. The van der Waals surface area contributed by atoms with E-state index >= 15 is 0 Å². The van der Waals surface area contributed by atoms with Gasteiger partial charge in [-0.3, -0.25) is 4.79 Å². The van der Waals surface area contributed by atoms with Gasteiger partial charge in [-0.1, -0.05) is 0 Å². The van der Waals surface area contributed by atoms with Crippen molar-refractivity contribution in [1.29, 1.82) is 0 Å². The SMILES string of the molecule is CNC(=O)c1ccc(Nc2nccc(N3CCCc4cc(O)ccc43)n2)cc1. The quantitative estimate of drug-likeness (QED) is 0.648. The first-order valence-electron chi connectivity index (χ1n) is 9.16. The van der Waals surface area contributed by atoms with Gasteiger partial charge < -0.3 is 20.6 Å². The van der Waals surface area contributed by atoms with Gasteiger partial charge in [0.25, 0.3) is 5.91 Å². The minimum Gasteiger partial charge on any atom is -0.508 e. The van der Waals surface area contributed by atoms with Gasteiger partial charge in [0.2, 0.25) is 5.95 Å². The first-order valence-corrected chi connectivity index (χ1v) is 9.16. The molecule has 0 radical (unpaired) electrons. The number of phenols is 1. The lowest BCUT2D eigenvalue weighted by molar-refractivity contribution is 0.0963. The molecule has 0 saturated heterocycles. The fraction of sp³-hybridized carbons (Fsp3) is 0.190. The number of nitrogens with zero attached hydrogens (tertiary/aromatic N) is 3. The van der Waals surface area contributed by atoms with Crippen molar-refractivity contribution in [2.75, 3.05) is 23.8 Å². The van der Waals surface area contributed by atoms with Crippen LogP contribution in [0.3, 0.4) is 0 Å². The summed E-state index contributed by atoms with van der Waals surface area (Å²) < 4.78 is 0. The van der Waals surface area contributed by atoms with Crippen molar-refractivity contribution >= 4 is 29.0 Å². The van der Waals surface area contributed by atoms with Crippen LogP contribution in [0.5, 0.6) is 5.75 Å². The minimum atomic E-state index is -0.125. The van der Waals surface area contributed by atoms with Gasteiger partial charge in [-0.15, -0.1) is 0 Å². The fourth-order valence-electron chi connectivity index (χ4n) is 3.36. The van der Waals surface area contributed by atoms with E-state index in [4.69, 9.17) is 0 Å². The molecule has 3 aromatic rings. The number of anilines is 4. The lowest BCUT2D eigenvalue weighted by Crippen LogP contribution is -2.25. The molecule has 0 aliphatic carbocycles. The van der Waals surface area contributed by atoms with Crippen LogP contribution in [0.25, 0.3) is 0 Å². The second-order valence-corrected chi connectivity index (χ2v) is 6.59. The Balaban J connectivity index is 1.57. The van der Waals surface area contributed by atoms with Crippen molar-refractivity contribution in [1.82, 2.24) is 15.3 Å². The van der Waals surface area contributed by atoms with E-state index in [1.165, 1.54) is 0 Å². The maximum absolute atomic E-state index is 11.6. The molecular weight excluding hydrogens is 354 g/mol. The molecule has 0 fully saturated rings.